The zero-order valence-electron chi connectivity index (χ0n) is 12.3. The predicted molar refractivity (Wildman–Crippen MR) is 75.8 cm³/mol. The van der Waals surface area contributed by atoms with Gasteiger partial charge in [-0.2, -0.15) is 10.2 Å². The topological polar surface area (TPSA) is 47.7 Å². The Labute approximate surface area is 114 Å². The van der Waals surface area contributed by atoms with Crippen molar-refractivity contribution in [2.24, 2.45) is 7.05 Å². The van der Waals surface area contributed by atoms with E-state index >= 15 is 0 Å². The van der Waals surface area contributed by atoms with Gasteiger partial charge in [0.15, 0.2) is 0 Å². The van der Waals surface area contributed by atoms with E-state index in [1.165, 1.54) is 17.0 Å². The minimum atomic E-state index is 0.840. The van der Waals surface area contributed by atoms with E-state index < -0.39 is 0 Å². The van der Waals surface area contributed by atoms with Crippen LogP contribution in [0.4, 0.5) is 0 Å². The molecule has 0 saturated heterocycles. The maximum Gasteiger partial charge on any atom is 0.0666 e. The second-order valence-corrected chi connectivity index (χ2v) is 4.82. The van der Waals surface area contributed by atoms with Gasteiger partial charge in [0.2, 0.25) is 0 Å². The maximum absolute atomic E-state index is 4.45. The molecule has 0 aliphatic heterocycles. The van der Waals surface area contributed by atoms with Crippen LogP contribution in [0.15, 0.2) is 12.3 Å². The first-order chi connectivity index (χ1) is 9.13. The first-order valence-electron chi connectivity index (χ1n) is 6.89. The molecule has 1 N–H and O–H groups in total. The third kappa shape index (κ3) is 3.23. The summed E-state index contributed by atoms with van der Waals surface area (Å²) in [7, 11) is 1.97. The van der Waals surface area contributed by atoms with Crippen LogP contribution >= 0.6 is 0 Å². The van der Waals surface area contributed by atoms with Crippen LogP contribution in [0.2, 0.25) is 0 Å². The van der Waals surface area contributed by atoms with Crippen molar-refractivity contribution in [3.63, 3.8) is 0 Å². The van der Waals surface area contributed by atoms with Crippen molar-refractivity contribution in [3.8, 4) is 0 Å². The molecule has 2 rings (SSSR count). The monoisotopic (exact) mass is 261 g/mol. The Morgan fingerprint density at radius 2 is 2.00 bits per heavy atom. The Balaban J connectivity index is 1.95. The Bertz CT molecular complexity index is 490. The summed E-state index contributed by atoms with van der Waals surface area (Å²) < 4.78 is 3.93. The van der Waals surface area contributed by atoms with Crippen molar-refractivity contribution >= 4 is 0 Å². The molecule has 0 bridgehead atoms. The van der Waals surface area contributed by atoms with Crippen molar-refractivity contribution in [1.82, 2.24) is 24.9 Å². The molecule has 5 nitrogen and oxygen atoms in total. The van der Waals surface area contributed by atoms with E-state index in [4.69, 9.17) is 0 Å². The average Bonchev–Trinajstić information content (AvgIpc) is 2.92. The average molecular weight is 261 g/mol. The molecule has 2 heterocycles. The zero-order chi connectivity index (χ0) is 13.8. The van der Waals surface area contributed by atoms with Crippen LogP contribution in [0.3, 0.4) is 0 Å². The summed E-state index contributed by atoms with van der Waals surface area (Å²) in [5.41, 5.74) is 4.77. The quantitative estimate of drug-likeness (QED) is 0.862. The van der Waals surface area contributed by atoms with Gasteiger partial charge in [-0.15, -0.1) is 0 Å². The van der Waals surface area contributed by atoms with E-state index in [1.54, 1.807) is 0 Å². The Morgan fingerprint density at radius 1 is 1.21 bits per heavy atom. The molecule has 0 aliphatic carbocycles. The van der Waals surface area contributed by atoms with Gasteiger partial charge in [-0.05, 0) is 26.3 Å². The van der Waals surface area contributed by atoms with E-state index in [0.717, 1.165) is 31.7 Å². The van der Waals surface area contributed by atoms with Crippen LogP contribution in [0.1, 0.15) is 36.5 Å². The number of hydrogen-bond acceptors (Lipinski definition) is 3. The Kier molecular flexibility index (Phi) is 4.37. The molecule has 2 aromatic rings. The van der Waals surface area contributed by atoms with Crippen molar-refractivity contribution in [2.45, 2.75) is 46.8 Å². The van der Waals surface area contributed by atoms with Crippen LogP contribution in [-0.2, 0) is 33.1 Å². The number of hydrogen-bond donors (Lipinski definition) is 1. The molecule has 0 fully saturated rings. The summed E-state index contributed by atoms with van der Waals surface area (Å²) in [5, 5.41) is 12.4. The van der Waals surface area contributed by atoms with Crippen molar-refractivity contribution in [3.05, 3.63) is 34.9 Å². The van der Waals surface area contributed by atoms with E-state index in [1.807, 2.05) is 23.3 Å². The summed E-state index contributed by atoms with van der Waals surface area (Å²) in [6.07, 6.45) is 3.07. The van der Waals surface area contributed by atoms with E-state index in [2.05, 4.69) is 41.6 Å². The Hall–Kier alpha value is -1.62. The lowest BCUT2D eigenvalue weighted by Crippen LogP contribution is -2.16. The van der Waals surface area contributed by atoms with Crippen LogP contribution in [0, 0.1) is 6.92 Å². The van der Waals surface area contributed by atoms with Gasteiger partial charge in [-0.25, -0.2) is 0 Å². The molecule has 0 saturated carbocycles. The molecule has 0 atom stereocenters. The fourth-order valence-corrected chi connectivity index (χ4v) is 2.37. The van der Waals surface area contributed by atoms with Gasteiger partial charge < -0.3 is 5.32 Å². The van der Waals surface area contributed by atoms with E-state index in [9.17, 15) is 0 Å². The minimum Gasteiger partial charge on any atom is -0.307 e. The predicted octanol–water partition coefficient (Wildman–Crippen LogP) is 1.80. The van der Waals surface area contributed by atoms with Gasteiger partial charge in [0.25, 0.3) is 0 Å². The SMILES string of the molecule is CCc1nn(C)cc1CNCc1cc(C)nn1CC. The normalized spacial score (nSPS) is 11.2. The molecular formula is C14H23N5. The standard InChI is InChI=1S/C14H23N5/c1-5-14-12(10-18(4)17-14)8-15-9-13-7-11(3)16-19(13)6-2/h7,10,15H,5-6,8-9H2,1-4H3. The van der Waals surface area contributed by atoms with Gasteiger partial charge in [0.1, 0.15) is 0 Å². The van der Waals surface area contributed by atoms with Gasteiger partial charge in [0.05, 0.1) is 17.1 Å². The van der Waals surface area contributed by atoms with Crippen molar-refractivity contribution < 1.29 is 0 Å². The first kappa shape index (κ1) is 13.8. The second kappa shape index (κ2) is 6.02. The molecule has 0 aliphatic rings. The highest BCUT2D eigenvalue weighted by Crippen LogP contribution is 2.08. The highest BCUT2D eigenvalue weighted by molar-refractivity contribution is 5.17. The van der Waals surface area contributed by atoms with Crippen molar-refractivity contribution in [1.29, 1.82) is 0 Å². The van der Waals surface area contributed by atoms with E-state index in [0.29, 0.717) is 0 Å². The summed E-state index contributed by atoms with van der Waals surface area (Å²) in [4.78, 5) is 0. The highest BCUT2D eigenvalue weighted by atomic mass is 15.3. The van der Waals surface area contributed by atoms with Crippen LogP contribution in [0.25, 0.3) is 0 Å². The van der Waals surface area contributed by atoms with Gasteiger partial charge in [-0.3, -0.25) is 9.36 Å². The molecule has 0 spiro atoms. The molecule has 0 unspecified atom stereocenters. The second-order valence-electron chi connectivity index (χ2n) is 4.82. The summed E-state index contributed by atoms with van der Waals surface area (Å²) in [6, 6.07) is 2.14. The molecule has 0 amide bonds. The van der Waals surface area contributed by atoms with Crippen LogP contribution < -0.4 is 5.32 Å². The lowest BCUT2D eigenvalue weighted by molar-refractivity contribution is 0.578. The summed E-state index contributed by atoms with van der Waals surface area (Å²) in [5.74, 6) is 0. The minimum absolute atomic E-state index is 0.840. The molecule has 5 heteroatoms. The van der Waals surface area contributed by atoms with E-state index in [-0.39, 0.29) is 0 Å². The summed E-state index contributed by atoms with van der Waals surface area (Å²) in [6.45, 7) is 8.90. The third-order valence-electron chi connectivity index (χ3n) is 3.23. The van der Waals surface area contributed by atoms with Crippen LogP contribution in [-0.4, -0.2) is 19.6 Å². The number of nitrogens with one attached hydrogen (secondary N) is 1. The maximum atomic E-state index is 4.45. The van der Waals surface area contributed by atoms with Gasteiger partial charge >= 0.3 is 0 Å². The third-order valence-corrected chi connectivity index (χ3v) is 3.23. The lowest BCUT2D eigenvalue weighted by Gasteiger charge is -2.06. The highest BCUT2D eigenvalue weighted by Gasteiger charge is 2.07. The number of aryl methyl sites for hydroxylation is 4. The van der Waals surface area contributed by atoms with Crippen LogP contribution in [0.5, 0.6) is 0 Å². The fraction of sp³-hybridized carbons (Fsp3) is 0.571. The molecule has 0 aromatic carbocycles. The molecular weight excluding hydrogens is 238 g/mol. The van der Waals surface area contributed by atoms with Gasteiger partial charge in [-0.1, -0.05) is 6.92 Å². The first-order valence-corrected chi connectivity index (χ1v) is 6.89. The largest absolute Gasteiger partial charge is 0.307 e. The summed E-state index contributed by atoms with van der Waals surface area (Å²) >= 11 is 0. The number of rotatable bonds is 6. The number of nitrogens with zero attached hydrogens (tertiary/aromatic N) is 4. The molecule has 19 heavy (non-hydrogen) atoms. The number of aromatic nitrogens is 4. The Morgan fingerprint density at radius 3 is 2.68 bits per heavy atom. The smallest absolute Gasteiger partial charge is 0.0666 e. The van der Waals surface area contributed by atoms with Crippen molar-refractivity contribution in [2.75, 3.05) is 0 Å². The molecule has 0 radical (unpaired) electrons. The molecule has 2 aromatic heterocycles. The lowest BCUT2D eigenvalue weighted by atomic mass is 10.2. The zero-order valence-corrected chi connectivity index (χ0v) is 12.3. The molecule has 104 valence electrons. The fourth-order valence-electron chi connectivity index (χ4n) is 2.37. The van der Waals surface area contributed by atoms with Gasteiger partial charge in [0, 0.05) is 38.4 Å².